The summed E-state index contributed by atoms with van der Waals surface area (Å²) in [6.45, 7) is 0. The molecule has 4 heteroatoms. The van der Waals surface area contributed by atoms with Gasteiger partial charge in [-0.15, -0.1) is 5.10 Å². The Balaban J connectivity index is 2.43. The van der Waals surface area contributed by atoms with Crippen molar-refractivity contribution in [2.75, 3.05) is 0 Å². The number of nitrogens with zero attached hydrogens (tertiary/aromatic N) is 2. The molecule has 0 atom stereocenters. The summed E-state index contributed by atoms with van der Waals surface area (Å²) in [5.74, 6) is 0.331. The Labute approximate surface area is 68.3 Å². The van der Waals surface area contributed by atoms with Gasteiger partial charge in [-0.05, 0) is 24.3 Å². The molecule has 2 aromatic rings. The molecule has 59 valence electrons. The van der Waals surface area contributed by atoms with Crippen molar-refractivity contribution < 1.29 is 4.39 Å². The second-order valence-corrected chi connectivity index (χ2v) is 2.29. The number of hydrogen-bond acceptors (Lipinski definition) is 2. The summed E-state index contributed by atoms with van der Waals surface area (Å²) in [5.41, 5.74) is 0.796. The first-order chi connectivity index (χ1) is 5.86. The molecule has 0 aliphatic heterocycles. The standard InChI is InChI=1S/C8H5FN3/c9-7-3-1-6(2-4-7)8-10-5-11-12-8/h1-4H,(H,10,11,12). The van der Waals surface area contributed by atoms with Crippen molar-refractivity contribution in [1.29, 1.82) is 0 Å². The Morgan fingerprint density at radius 1 is 1.25 bits per heavy atom. The highest BCUT2D eigenvalue weighted by molar-refractivity contribution is 5.53. The van der Waals surface area contributed by atoms with E-state index in [1.807, 2.05) is 0 Å². The van der Waals surface area contributed by atoms with Crippen molar-refractivity contribution >= 4 is 0 Å². The van der Waals surface area contributed by atoms with Crippen molar-refractivity contribution in [2.24, 2.45) is 0 Å². The van der Waals surface area contributed by atoms with E-state index in [2.05, 4.69) is 21.5 Å². The van der Waals surface area contributed by atoms with Crippen molar-refractivity contribution in [2.45, 2.75) is 0 Å². The molecule has 0 fully saturated rings. The summed E-state index contributed by atoms with van der Waals surface area (Å²) in [4.78, 5) is 3.80. The van der Waals surface area contributed by atoms with Gasteiger partial charge in [-0.2, -0.15) is 0 Å². The molecular formula is C8H5FN3. The highest BCUT2D eigenvalue weighted by Crippen LogP contribution is 2.12. The third-order valence-electron chi connectivity index (χ3n) is 1.49. The number of H-pyrrole nitrogens is 1. The lowest BCUT2D eigenvalue weighted by Crippen LogP contribution is -1.80. The molecule has 0 saturated carbocycles. The molecule has 0 aliphatic carbocycles. The minimum atomic E-state index is -0.262. The molecule has 0 amide bonds. The smallest absolute Gasteiger partial charge is 0.221 e. The predicted octanol–water partition coefficient (Wildman–Crippen LogP) is 1.41. The van der Waals surface area contributed by atoms with Crippen LogP contribution in [0.1, 0.15) is 0 Å². The van der Waals surface area contributed by atoms with Crippen LogP contribution >= 0.6 is 0 Å². The second-order valence-electron chi connectivity index (χ2n) is 2.29. The highest BCUT2D eigenvalue weighted by Gasteiger charge is 1.99. The molecule has 0 aliphatic rings. The van der Waals surface area contributed by atoms with E-state index >= 15 is 0 Å². The van der Waals surface area contributed by atoms with E-state index in [4.69, 9.17) is 0 Å². The molecule has 0 unspecified atom stereocenters. The van der Waals surface area contributed by atoms with E-state index < -0.39 is 0 Å². The summed E-state index contributed by atoms with van der Waals surface area (Å²) < 4.78 is 12.5. The van der Waals surface area contributed by atoms with Gasteiger partial charge in [0.2, 0.25) is 6.33 Å². The third-order valence-corrected chi connectivity index (χ3v) is 1.49. The fourth-order valence-corrected chi connectivity index (χ4v) is 0.915. The molecule has 0 spiro atoms. The Bertz CT molecular complexity index is 352. The molecule has 0 saturated heterocycles. The zero-order valence-corrected chi connectivity index (χ0v) is 6.08. The monoisotopic (exact) mass is 162 g/mol. The number of aromatic amines is 1. The first-order valence-corrected chi connectivity index (χ1v) is 3.40. The Morgan fingerprint density at radius 2 is 2.00 bits per heavy atom. The van der Waals surface area contributed by atoms with E-state index in [0.29, 0.717) is 5.82 Å². The Kier molecular flexibility index (Phi) is 1.59. The minimum Gasteiger partial charge on any atom is -0.259 e. The van der Waals surface area contributed by atoms with Crippen LogP contribution in [-0.2, 0) is 0 Å². The maximum absolute atomic E-state index is 12.5. The zero-order valence-electron chi connectivity index (χ0n) is 6.08. The van der Waals surface area contributed by atoms with Gasteiger partial charge in [0, 0.05) is 5.56 Å². The van der Waals surface area contributed by atoms with Gasteiger partial charge < -0.3 is 0 Å². The maximum Gasteiger partial charge on any atom is 0.221 e. The van der Waals surface area contributed by atoms with Crippen molar-refractivity contribution in [3.05, 3.63) is 36.4 Å². The number of benzene rings is 1. The van der Waals surface area contributed by atoms with Gasteiger partial charge >= 0.3 is 0 Å². The molecule has 1 heterocycles. The van der Waals surface area contributed by atoms with Gasteiger partial charge in [-0.25, -0.2) is 9.37 Å². The average molecular weight is 162 g/mol. The minimum absolute atomic E-state index is 0.262. The topological polar surface area (TPSA) is 41.6 Å². The molecular weight excluding hydrogens is 157 g/mol. The summed E-state index contributed by atoms with van der Waals surface area (Å²) in [7, 11) is 0. The van der Waals surface area contributed by atoms with Gasteiger partial charge in [-0.3, -0.25) is 5.10 Å². The number of aromatic nitrogens is 3. The molecule has 1 aromatic heterocycles. The van der Waals surface area contributed by atoms with Crippen LogP contribution < -0.4 is 0 Å². The van der Waals surface area contributed by atoms with Gasteiger partial charge in [0.25, 0.3) is 0 Å². The van der Waals surface area contributed by atoms with Crippen molar-refractivity contribution in [1.82, 2.24) is 15.2 Å². The van der Waals surface area contributed by atoms with E-state index in [9.17, 15) is 4.39 Å². The SMILES string of the molecule is Fc1ccc(-c2n[c]n[nH]2)cc1. The average Bonchev–Trinajstić information content (AvgIpc) is 2.58. The fraction of sp³-hybridized carbons (Fsp3) is 0. The van der Waals surface area contributed by atoms with Crippen LogP contribution in [0.4, 0.5) is 4.39 Å². The summed E-state index contributed by atoms with van der Waals surface area (Å²) >= 11 is 0. The third kappa shape index (κ3) is 1.18. The van der Waals surface area contributed by atoms with Crippen LogP contribution in [0.15, 0.2) is 24.3 Å². The molecule has 1 aromatic carbocycles. The predicted molar refractivity (Wildman–Crippen MR) is 40.6 cm³/mol. The lowest BCUT2D eigenvalue weighted by molar-refractivity contribution is 0.628. The van der Waals surface area contributed by atoms with Crippen molar-refractivity contribution in [3.63, 3.8) is 0 Å². The first-order valence-electron chi connectivity index (χ1n) is 3.40. The zero-order chi connectivity index (χ0) is 8.39. The van der Waals surface area contributed by atoms with E-state index in [-0.39, 0.29) is 5.82 Å². The lowest BCUT2D eigenvalue weighted by Gasteiger charge is -1.93. The van der Waals surface area contributed by atoms with Gasteiger partial charge in [0.15, 0.2) is 5.82 Å². The summed E-state index contributed by atoms with van der Waals surface area (Å²) in [6, 6.07) is 6.00. The van der Waals surface area contributed by atoms with Gasteiger partial charge in [-0.1, -0.05) is 0 Å². The summed E-state index contributed by atoms with van der Waals surface area (Å²) in [5, 5.41) is 6.20. The molecule has 0 bridgehead atoms. The van der Waals surface area contributed by atoms with Gasteiger partial charge in [0.1, 0.15) is 5.82 Å². The molecule has 3 nitrogen and oxygen atoms in total. The van der Waals surface area contributed by atoms with Crippen LogP contribution in [0.3, 0.4) is 0 Å². The number of hydrogen-bond donors (Lipinski definition) is 1. The molecule has 2 rings (SSSR count). The quantitative estimate of drug-likeness (QED) is 0.688. The lowest BCUT2D eigenvalue weighted by atomic mass is 10.2. The largest absolute Gasteiger partial charge is 0.259 e. The fourth-order valence-electron chi connectivity index (χ4n) is 0.915. The van der Waals surface area contributed by atoms with Crippen molar-refractivity contribution in [3.8, 4) is 11.4 Å². The number of halogens is 1. The molecule has 12 heavy (non-hydrogen) atoms. The van der Waals surface area contributed by atoms with Crippen LogP contribution in [0.25, 0.3) is 11.4 Å². The first kappa shape index (κ1) is 6.97. The Morgan fingerprint density at radius 3 is 2.58 bits per heavy atom. The van der Waals surface area contributed by atoms with Crippen LogP contribution in [0.5, 0.6) is 0 Å². The van der Waals surface area contributed by atoms with E-state index in [1.54, 1.807) is 12.1 Å². The molecule has 1 radical (unpaired) electrons. The van der Waals surface area contributed by atoms with E-state index in [0.717, 1.165) is 5.56 Å². The van der Waals surface area contributed by atoms with Crippen LogP contribution in [0, 0.1) is 12.1 Å². The number of nitrogens with one attached hydrogen (secondary N) is 1. The van der Waals surface area contributed by atoms with Crippen LogP contribution in [0.2, 0.25) is 0 Å². The maximum atomic E-state index is 12.5. The Hall–Kier alpha value is -1.71. The van der Waals surface area contributed by atoms with Crippen LogP contribution in [-0.4, -0.2) is 15.2 Å². The molecule has 1 N–H and O–H groups in total. The second kappa shape index (κ2) is 2.73. The highest BCUT2D eigenvalue weighted by atomic mass is 19.1. The summed E-state index contributed by atoms with van der Waals surface area (Å²) in [6.07, 6.45) is 2.39. The normalized spacial score (nSPS) is 10.1. The number of rotatable bonds is 1. The van der Waals surface area contributed by atoms with Gasteiger partial charge in [0.05, 0.1) is 0 Å². The van der Waals surface area contributed by atoms with E-state index in [1.165, 1.54) is 12.1 Å².